The van der Waals surface area contributed by atoms with Crippen molar-refractivity contribution in [1.82, 2.24) is 15.1 Å². The first-order chi connectivity index (χ1) is 15.4. The Morgan fingerprint density at radius 2 is 1.75 bits per heavy atom. The molecule has 2 aromatic carbocycles. The van der Waals surface area contributed by atoms with Crippen LogP contribution in [0.1, 0.15) is 30.4 Å². The molecule has 0 saturated carbocycles. The Balaban J connectivity index is 1.29. The summed E-state index contributed by atoms with van der Waals surface area (Å²) in [5, 5.41) is 2.95. The smallest absolute Gasteiger partial charge is 0.409 e. The number of imide groups is 1. The van der Waals surface area contributed by atoms with E-state index in [2.05, 4.69) is 28.8 Å². The Hall–Kier alpha value is -3.39. The molecule has 2 aliphatic rings. The first-order valence-electron chi connectivity index (χ1n) is 10.8. The molecule has 8 nitrogen and oxygen atoms in total. The highest BCUT2D eigenvalue weighted by molar-refractivity contribution is 6.07. The molecule has 3 N–H and O–H groups in total. The van der Waals surface area contributed by atoms with Gasteiger partial charge in [0.2, 0.25) is 0 Å². The number of primary amides is 1. The number of benzene rings is 2. The third-order valence-corrected chi connectivity index (χ3v) is 6.06. The van der Waals surface area contributed by atoms with Crippen LogP contribution in [0.3, 0.4) is 0 Å². The van der Waals surface area contributed by atoms with E-state index in [9.17, 15) is 14.4 Å². The summed E-state index contributed by atoms with van der Waals surface area (Å²) >= 11 is 0. The number of urea groups is 1. The number of nitrogens with two attached hydrogens (primary N) is 1. The Bertz CT molecular complexity index is 969. The van der Waals surface area contributed by atoms with Crippen LogP contribution < -0.4 is 15.8 Å². The lowest BCUT2D eigenvalue weighted by molar-refractivity contribution is -0.133. The van der Waals surface area contributed by atoms with Gasteiger partial charge in [0.05, 0.1) is 6.54 Å². The minimum atomic E-state index is -0.891. The van der Waals surface area contributed by atoms with Crippen LogP contribution in [0.5, 0.6) is 5.75 Å². The van der Waals surface area contributed by atoms with Gasteiger partial charge in [0.15, 0.2) is 0 Å². The Labute approximate surface area is 187 Å². The second kappa shape index (κ2) is 9.40. The van der Waals surface area contributed by atoms with Crippen molar-refractivity contribution in [2.45, 2.75) is 31.3 Å². The molecule has 2 fully saturated rings. The zero-order valence-electron chi connectivity index (χ0n) is 17.8. The average Bonchev–Trinajstić information content (AvgIpc) is 3.01. The lowest BCUT2D eigenvalue weighted by atomic mass is 9.87. The number of hydrogen-bond acceptors (Lipinski definition) is 5. The summed E-state index contributed by atoms with van der Waals surface area (Å²) in [5.74, 6) is 0.141. The predicted molar refractivity (Wildman–Crippen MR) is 119 cm³/mol. The molecule has 0 unspecified atom stereocenters. The van der Waals surface area contributed by atoms with Crippen LogP contribution in [-0.2, 0) is 11.3 Å². The van der Waals surface area contributed by atoms with Crippen molar-refractivity contribution in [2.75, 3.05) is 19.6 Å². The van der Waals surface area contributed by atoms with E-state index in [1.807, 2.05) is 18.2 Å². The maximum absolute atomic E-state index is 13.1. The average molecular weight is 436 g/mol. The molecule has 0 aliphatic carbocycles. The predicted octanol–water partition coefficient (Wildman–Crippen LogP) is 2.67. The molecular weight excluding hydrogens is 408 g/mol. The number of likely N-dealkylation sites (tertiary alicyclic amines) is 1. The topological polar surface area (TPSA) is 105 Å². The van der Waals surface area contributed by atoms with Crippen LogP contribution in [0.4, 0.5) is 9.59 Å². The number of nitrogens with zero attached hydrogens (tertiary/aromatic N) is 2. The number of carbonyl (C=O) groups excluding carboxylic acids is 3. The maximum Gasteiger partial charge on any atom is 0.409 e. The van der Waals surface area contributed by atoms with Gasteiger partial charge in [0.25, 0.3) is 5.91 Å². The van der Waals surface area contributed by atoms with Gasteiger partial charge < -0.3 is 20.7 Å². The molecule has 32 heavy (non-hydrogen) atoms. The minimum absolute atomic E-state index is 0.166. The molecule has 167 valence electrons. The van der Waals surface area contributed by atoms with Crippen molar-refractivity contribution < 1.29 is 19.1 Å². The molecule has 0 atom stereocenters. The van der Waals surface area contributed by atoms with Gasteiger partial charge in [-0.3, -0.25) is 9.69 Å². The molecular formula is C24H27N4O4. The number of carbonyl (C=O) groups is 3. The Morgan fingerprint density at radius 3 is 2.41 bits per heavy atom. The van der Waals surface area contributed by atoms with Crippen molar-refractivity contribution in [3.63, 3.8) is 0 Å². The molecule has 1 radical (unpaired) electrons. The van der Waals surface area contributed by atoms with Gasteiger partial charge in [-0.15, -0.1) is 0 Å². The zero-order chi connectivity index (χ0) is 22.6. The Morgan fingerprint density at radius 1 is 1.06 bits per heavy atom. The molecule has 2 aromatic rings. The van der Waals surface area contributed by atoms with Crippen LogP contribution in [0.15, 0.2) is 54.6 Å². The molecule has 0 bridgehead atoms. The van der Waals surface area contributed by atoms with Crippen LogP contribution in [0.25, 0.3) is 0 Å². The van der Waals surface area contributed by atoms with E-state index in [0.29, 0.717) is 18.6 Å². The van der Waals surface area contributed by atoms with Crippen molar-refractivity contribution in [3.8, 4) is 5.75 Å². The standard InChI is InChI=1S/C24H27N4O4/c25-22(30)32-20-10-8-19(9-11-20)17-28-21(29)24(26-23(28)31)12-15-27(16-13-24)14-4-7-18-5-2-1-3-6-18/h1-3,5-11H,4,12-17H2,(H2,25,30)(H,26,31). The normalized spacial score (nSPS) is 18.1. The molecule has 0 aromatic heterocycles. The van der Waals surface area contributed by atoms with Crippen molar-refractivity contribution in [3.05, 3.63) is 72.1 Å². The largest absolute Gasteiger partial charge is 0.411 e. The van der Waals surface area contributed by atoms with Gasteiger partial charge >= 0.3 is 12.1 Å². The van der Waals surface area contributed by atoms with Gasteiger partial charge in [-0.25, -0.2) is 9.59 Å². The summed E-state index contributed by atoms with van der Waals surface area (Å²) in [6.07, 6.45) is 3.47. The fraction of sp³-hybridized carbons (Fsp3) is 0.333. The summed E-state index contributed by atoms with van der Waals surface area (Å²) in [5.41, 5.74) is 6.16. The van der Waals surface area contributed by atoms with E-state index in [0.717, 1.165) is 31.6 Å². The van der Waals surface area contributed by atoms with Crippen LogP contribution >= 0.6 is 0 Å². The third-order valence-electron chi connectivity index (χ3n) is 6.06. The fourth-order valence-corrected chi connectivity index (χ4v) is 4.28. The van der Waals surface area contributed by atoms with E-state index < -0.39 is 11.6 Å². The van der Waals surface area contributed by atoms with Gasteiger partial charge in [-0.2, -0.15) is 0 Å². The maximum atomic E-state index is 13.1. The minimum Gasteiger partial charge on any atom is -0.411 e. The molecule has 4 rings (SSSR count). The number of amides is 4. The molecule has 1 spiro atoms. The molecule has 2 saturated heterocycles. The highest BCUT2D eigenvalue weighted by atomic mass is 16.5. The molecule has 2 aliphatic heterocycles. The van der Waals surface area contributed by atoms with Gasteiger partial charge in [-0.1, -0.05) is 42.5 Å². The number of rotatable bonds is 7. The number of hydrogen-bond donors (Lipinski definition) is 2. The number of ether oxygens (including phenoxy) is 1. The van der Waals surface area contributed by atoms with Gasteiger partial charge in [0.1, 0.15) is 11.3 Å². The van der Waals surface area contributed by atoms with E-state index in [4.69, 9.17) is 10.5 Å². The van der Waals surface area contributed by atoms with Gasteiger partial charge in [-0.05, 0) is 55.5 Å². The SMILES string of the molecule is NC(=O)Oc1ccc(CN2C(=O)NC3(CCN(CC[CH]c4ccccc4)CC3)C2=O)cc1. The zero-order valence-corrected chi connectivity index (χ0v) is 17.8. The highest BCUT2D eigenvalue weighted by Gasteiger charge is 2.52. The van der Waals surface area contributed by atoms with Crippen LogP contribution in [-0.4, -0.2) is 53.0 Å². The quantitative estimate of drug-likeness (QED) is 0.651. The number of nitrogens with one attached hydrogen (secondary N) is 1. The lowest BCUT2D eigenvalue weighted by Gasteiger charge is -2.37. The second-order valence-corrected chi connectivity index (χ2v) is 8.21. The second-order valence-electron chi connectivity index (χ2n) is 8.21. The van der Waals surface area contributed by atoms with E-state index in [1.165, 1.54) is 10.5 Å². The molecule has 8 heteroatoms. The summed E-state index contributed by atoms with van der Waals surface area (Å²) in [6, 6.07) is 16.4. The number of piperidine rings is 1. The lowest BCUT2D eigenvalue weighted by Crippen LogP contribution is -2.55. The van der Waals surface area contributed by atoms with Crippen molar-refractivity contribution in [1.29, 1.82) is 0 Å². The van der Waals surface area contributed by atoms with Crippen LogP contribution in [0, 0.1) is 6.42 Å². The summed E-state index contributed by atoms with van der Waals surface area (Å²) < 4.78 is 4.81. The highest BCUT2D eigenvalue weighted by Crippen LogP contribution is 2.30. The third kappa shape index (κ3) is 4.91. The van der Waals surface area contributed by atoms with E-state index >= 15 is 0 Å². The summed E-state index contributed by atoms with van der Waals surface area (Å²) in [4.78, 5) is 40.2. The van der Waals surface area contributed by atoms with Gasteiger partial charge in [0, 0.05) is 13.1 Å². The summed E-state index contributed by atoms with van der Waals surface area (Å²) in [7, 11) is 0. The van der Waals surface area contributed by atoms with E-state index in [1.54, 1.807) is 24.3 Å². The first-order valence-corrected chi connectivity index (χ1v) is 10.8. The molecule has 2 heterocycles. The monoisotopic (exact) mass is 435 g/mol. The molecule has 4 amide bonds. The summed E-state index contributed by atoms with van der Waals surface area (Å²) in [6.45, 7) is 2.62. The van der Waals surface area contributed by atoms with Crippen LogP contribution in [0.2, 0.25) is 0 Å². The van der Waals surface area contributed by atoms with Crippen molar-refractivity contribution in [2.24, 2.45) is 5.73 Å². The van der Waals surface area contributed by atoms with Crippen molar-refractivity contribution >= 4 is 18.0 Å². The Kier molecular flexibility index (Phi) is 6.41. The van der Waals surface area contributed by atoms with E-state index in [-0.39, 0.29) is 18.5 Å². The fourth-order valence-electron chi connectivity index (χ4n) is 4.28. The first kappa shape index (κ1) is 21.8.